The summed E-state index contributed by atoms with van der Waals surface area (Å²) in [6.45, 7) is 4.36. The Bertz CT molecular complexity index is 435. The fourth-order valence-electron chi connectivity index (χ4n) is 3.29. The van der Waals surface area contributed by atoms with Gasteiger partial charge in [0.1, 0.15) is 0 Å². The monoisotopic (exact) mass is 295 g/mol. The number of rotatable bonds is 4. The van der Waals surface area contributed by atoms with Gasteiger partial charge in [-0.3, -0.25) is 4.90 Å². The van der Waals surface area contributed by atoms with Crippen LogP contribution >= 0.6 is 11.6 Å². The Hall–Kier alpha value is -0.610. The molecule has 0 aliphatic carbocycles. The highest BCUT2D eigenvalue weighted by molar-refractivity contribution is 6.31. The van der Waals surface area contributed by atoms with E-state index in [2.05, 4.69) is 36.9 Å². The maximum absolute atomic E-state index is 6.38. The average molecular weight is 296 g/mol. The Kier molecular flexibility index (Phi) is 5.44. The van der Waals surface area contributed by atoms with Gasteiger partial charge in [-0.25, -0.2) is 0 Å². The molecule has 0 spiro atoms. The summed E-state index contributed by atoms with van der Waals surface area (Å²) in [6, 6.07) is 8.82. The zero-order valence-electron chi connectivity index (χ0n) is 12.7. The first kappa shape index (κ1) is 15.8. The first-order valence-corrected chi connectivity index (χ1v) is 7.79. The van der Waals surface area contributed by atoms with E-state index < -0.39 is 0 Å². The molecule has 0 saturated carbocycles. The van der Waals surface area contributed by atoms with Crippen molar-refractivity contribution >= 4 is 11.6 Å². The van der Waals surface area contributed by atoms with Gasteiger partial charge in [0.2, 0.25) is 0 Å². The SMILES string of the molecule is CC(N)C(c1ccccc1Cl)N(C)C1CCCN(C)C1. The smallest absolute Gasteiger partial charge is 0.0511 e. The molecule has 2 N–H and O–H groups in total. The van der Waals surface area contributed by atoms with Gasteiger partial charge in [0.05, 0.1) is 6.04 Å². The highest BCUT2D eigenvalue weighted by Crippen LogP contribution is 2.31. The largest absolute Gasteiger partial charge is 0.326 e. The molecule has 0 aromatic heterocycles. The lowest BCUT2D eigenvalue weighted by molar-refractivity contribution is 0.0893. The molecule has 3 unspecified atom stereocenters. The second-order valence-electron chi connectivity index (χ2n) is 6.05. The van der Waals surface area contributed by atoms with Crippen molar-refractivity contribution in [3.05, 3.63) is 34.9 Å². The summed E-state index contributed by atoms with van der Waals surface area (Å²) < 4.78 is 0. The fourth-order valence-corrected chi connectivity index (χ4v) is 3.53. The molecule has 1 saturated heterocycles. The van der Waals surface area contributed by atoms with Crippen molar-refractivity contribution in [1.29, 1.82) is 0 Å². The number of nitrogens with two attached hydrogens (primary N) is 1. The van der Waals surface area contributed by atoms with Gasteiger partial charge < -0.3 is 10.6 Å². The Labute approximate surface area is 127 Å². The zero-order chi connectivity index (χ0) is 14.7. The van der Waals surface area contributed by atoms with Gasteiger partial charge in [-0.15, -0.1) is 0 Å². The maximum atomic E-state index is 6.38. The van der Waals surface area contributed by atoms with Crippen LogP contribution in [0, 0.1) is 0 Å². The van der Waals surface area contributed by atoms with E-state index in [4.69, 9.17) is 17.3 Å². The topological polar surface area (TPSA) is 32.5 Å². The molecule has 0 bridgehead atoms. The normalized spacial score (nSPS) is 23.8. The van der Waals surface area contributed by atoms with Gasteiger partial charge in [0.15, 0.2) is 0 Å². The third-order valence-corrected chi connectivity index (χ3v) is 4.68. The van der Waals surface area contributed by atoms with Gasteiger partial charge in [-0.1, -0.05) is 29.8 Å². The summed E-state index contributed by atoms with van der Waals surface area (Å²) in [4.78, 5) is 4.82. The first-order valence-electron chi connectivity index (χ1n) is 7.41. The van der Waals surface area contributed by atoms with E-state index in [9.17, 15) is 0 Å². The molecule has 1 aromatic rings. The molecule has 4 heteroatoms. The van der Waals surface area contributed by atoms with Crippen molar-refractivity contribution in [3.8, 4) is 0 Å². The Morgan fingerprint density at radius 2 is 2.10 bits per heavy atom. The van der Waals surface area contributed by atoms with E-state index >= 15 is 0 Å². The number of benzene rings is 1. The van der Waals surface area contributed by atoms with Crippen molar-refractivity contribution in [3.63, 3.8) is 0 Å². The molecule has 112 valence electrons. The minimum absolute atomic E-state index is 0.0483. The summed E-state index contributed by atoms with van der Waals surface area (Å²) in [6.07, 6.45) is 2.48. The lowest BCUT2D eigenvalue weighted by atomic mass is 9.95. The van der Waals surface area contributed by atoms with Crippen LogP contribution in [0.1, 0.15) is 31.4 Å². The molecule has 0 amide bonds. The second-order valence-corrected chi connectivity index (χ2v) is 6.46. The van der Waals surface area contributed by atoms with Crippen LogP contribution in [0.5, 0.6) is 0 Å². The third-order valence-electron chi connectivity index (χ3n) is 4.34. The predicted molar refractivity (Wildman–Crippen MR) is 86.1 cm³/mol. The van der Waals surface area contributed by atoms with Crippen molar-refractivity contribution in [2.24, 2.45) is 5.73 Å². The van der Waals surface area contributed by atoms with E-state index in [-0.39, 0.29) is 12.1 Å². The van der Waals surface area contributed by atoms with Crippen LogP contribution in [-0.4, -0.2) is 49.1 Å². The number of likely N-dealkylation sites (N-methyl/N-ethyl adjacent to an activating group) is 2. The number of halogens is 1. The molecule has 1 aliphatic rings. The van der Waals surface area contributed by atoms with E-state index in [1.54, 1.807) is 0 Å². The molecule has 3 atom stereocenters. The minimum atomic E-state index is 0.0483. The lowest BCUT2D eigenvalue weighted by Crippen LogP contribution is -2.49. The number of nitrogens with zero attached hydrogens (tertiary/aromatic N) is 2. The van der Waals surface area contributed by atoms with E-state index in [1.807, 2.05) is 18.2 Å². The number of piperidine rings is 1. The van der Waals surface area contributed by atoms with Crippen LogP contribution in [0.3, 0.4) is 0 Å². The summed E-state index contributed by atoms with van der Waals surface area (Å²) in [7, 11) is 4.37. The minimum Gasteiger partial charge on any atom is -0.326 e. The number of likely N-dealkylation sites (tertiary alicyclic amines) is 1. The van der Waals surface area contributed by atoms with Crippen LogP contribution in [0.2, 0.25) is 5.02 Å². The molecule has 3 nitrogen and oxygen atoms in total. The standard InChI is InChI=1S/C16H26ClN3/c1-12(18)16(14-8-4-5-9-15(14)17)20(3)13-7-6-10-19(2)11-13/h4-5,8-9,12-13,16H,6-7,10-11,18H2,1-3H3. The summed E-state index contributed by atoms with van der Waals surface area (Å²) in [5, 5.41) is 0.811. The van der Waals surface area contributed by atoms with Crippen LogP contribution in [0.25, 0.3) is 0 Å². The average Bonchev–Trinajstić information content (AvgIpc) is 2.40. The van der Waals surface area contributed by atoms with Crippen LogP contribution < -0.4 is 5.73 Å². The number of hydrogen-bond acceptors (Lipinski definition) is 3. The van der Waals surface area contributed by atoms with Gasteiger partial charge in [-0.2, -0.15) is 0 Å². The van der Waals surface area contributed by atoms with Gasteiger partial charge in [0.25, 0.3) is 0 Å². The van der Waals surface area contributed by atoms with E-state index in [0.717, 1.165) is 17.1 Å². The molecular weight excluding hydrogens is 270 g/mol. The highest BCUT2D eigenvalue weighted by atomic mass is 35.5. The van der Waals surface area contributed by atoms with Crippen LogP contribution in [-0.2, 0) is 0 Å². The summed E-state index contributed by atoms with van der Waals surface area (Å²) in [5.74, 6) is 0. The van der Waals surface area contributed by atoms with Crippen molar-refractivity contribution < 1.29 is 0 Å². The molecule has 1 aliphatic heterocycles. The highest BCUT2D eigenvalue weighted by Gasteiger charge is 2.30. The molecule has 20 heavy (non-hydrogen) atoms. The van der Waals surface area contributed by atoms with Crippen LogP contribution in [0.4, 0.5) is 0 Å². The molecule has 1 heterocycles. The Balaban J connectivity index is 2.22. The lowest BCUT2D eigenvalue weighted by Gasteiger charge is -2.41. The van der Waals surface area contributed by atoms with Crippen LogP contribution in [0.15, 0.2) is 24.3 Å². The van der Waals surface area contributed by atoms with Gasteiger partial charge in [-0.05, 0) is 52.0 Å². The van der Waals surface area contributed by atoms with Gasteiger partial charge in [0, 0.05) is 23.7 Å². The van der Waals surface area contributed by atoms with Crippen molar-refractivity contribution in [2.45, 2.75) is 37.9 Å². The molecular formula is C16H26ClN3. The predicted octanol–water partition coefficient (Wildman–Crippen LogP) is 2.75. The Morgan fingerprint density at radius 3 is 2.70 bits per heavy atom. The van der Waals surface area contributed by atoms with E-state index in [1.165, 1.54) is 19.4 Å². The fraction of sp³-hybridized carbons (Fsp3) is 0.625. The zero-order valence-corrected chi connectivity index (χ0v) is 13.5. The van der Waals surface area contributed by atoms with Crippen molar-refractivity contribution in [2.75, 3.05) is 27.2 Å². The first-order chi connectivity index (χ1) is 9.50. The van der Waals surface area contributed by atoms with Gasteiger partial charge >= 0.3 is 0 Å². The molecule has 1 fully saturated rings. The molecule has 0 radical (unpaired) electrons. The molecule has 2 rings (SSSR count). The maximum Gasteiger partial charge on any atom is 0.0511 e. The summed E-state index contributed by atoms with van der Waals surface area (Å²) in [5.41, 5.74) is 7.40. The van der Waals surface area contributed by atoms with Crippen molar-refractivity contribution in [1.82, 2.24) is 9.80 Å². The Morgan fingerprint density at radius 1 is 1.40 bits per heavy atom. The quantitative estimate of drug-likeness (QED) is 0.927. The summed E-state index contributed by atoms with van der Waals surface area (Å²) >= 11 is 6.38. The molecule has 1 aromatic carbocycles. The number of hydrogen-bond donors (Lipinski definition) is 1. The van der Waals surface area contributed by atoms with E-state index in [0.29, 0.717) is 6.04 Å². The second kappa shape index (κ2) is 6.90. The third kappa shape index (κ3) is 3.53.